The van der Waals surface area contributed by atoms with Gasteiger partial charge in [0.05, 0.1) is 29.2 Å². The number of halogens is 1. The van der Waals surface area contributed by atoms with Gasteiger partial charge in [-0.1, -0.05) is 64.5 Å². The Bertz CT molecular complexity index is 1140. The molecule has 0 fully saturated rings. The van der Waals surface area contributed by atoms with Crippen LogP contribution >= 0.6 is 15.9 Å². The molecule has 0 N–H and O–H groups in total. The van der Waals surface area contributed by atoms with E-state index >= 15 is 0 Å². The maximum atomic E-state index is 13.3. The quantitative estimate of drug-likeness (QED) is 0.321. The van der Waals surface area contributed by atoms with E-state index in [1.165, 1.54) is 5.01 Å². The highest BCUT2D eigenvalue weighted by molar-refractivity contribution is 9.10. The third-order valence-corrected chi connectivity index (χ3v) is 5.21. The number of hydrazone groups is 1. The Hall–Kier alpha value is -3.38. The molecule has 30 heavy (non-hydrogen) atoms. The Morgan fingerprint density at radius 1 is 0.933 bits per heavy atom. The van der Waals surface area contributed by atoms with Crippen LogP contribution in [0.25, 0.3) is 5.57 Å². The average Bonchev–Trinajstić information content (AvgIpc) is 3.08. The lowest BCUT2D eigenvalue weighted by Gasteiger charge is -2.13. The highest BCUT2D eigenvalue weighted by Crippen LogP contribution is 2.29. The second-order valence-corrected chi connectivity index (χ2v) is 7.65. The molecule has 0 radical (unpaired) electrons. The van der Waals surface area contributed by atoms with E-state index < -0.39 is 0 Å². The van der Waals surface area contributed by atoms with Gasteiger partial charge in [0.2, 0.25) is 0 Å². The standard InChI is InChI=1S/C24H19BrN4O/c1-17-23(24(30)29(28-17)21-10-6-3-7-11-21)22(18-8-4-2-5-9-18)16-26-27-20-14-12-19(25)13-15-20/h2-15H,16H2,1H3. The molecule has 1 amide bonds. The largest absolute Gasteiger partial charge is 0.280 e. The van der Waals surface area contributed by atoms with Crippen LogP contribution in [-0.4, -0.2) is 18.2 Å². The van der Waals surface area contributed by atoms with E-state index in [9.17, 15) is 4.79 Å². The van der Waals surface area contributed by atoms with Crippen LogP contribution in [-0.2, 0) is 4.79 Å². The summed E-state index contributed by atoms with van der Waals surface area (Å²) >= 11 is 3.42. The second kappa shape index (κ2) is 8.97. The van der Waals surface area contributed by atoms with Crippen LogP contribution in [0.4, 0.5) is 11.4 Å². The van der Waals surface area contributed by atoms with Crippen molar-refractivity contribution in [3.63, 3.8) is 0 Å². The van der Waals surface area contributed by atoms with E-state index in [1.54, 1.807) is 0 Å². The number of rotatable bonds is 5. The van der Waals surface area contributed by atoms with E-state index in [1.807, 2.05) is 91.9 Å². The van der Waals surface area contributed by atoms with Gasteiger partial charge in [-0.3, -0.25) is 4.79 Å². The minimum absolute atomic E-state index is 0.156. The topological polar surface area (TPSA) is 57.4 Å². The normalized spacial score (nSPS) is 15.6. The zero-order valence-electron chi connectivity index (χ0n) is 16.4. The molecule has 5 nitrogen and oxygen atoms in total. The van der Waals surface area contributed by atoms with E-state index in [2.05, 4.69) is 31.3 Å². The lowest BCUT2D eigenvalue weighted by molar-refractivity contribution is -0.114. The van der Waals surface area contributed by atoms with Gasteiger partial charge in [0.1, 0.15) is 0 Å². The van der Waals surface area contributed by atoms with E-state index in [-0.39, 0.29) is 12.5 Å². The summed E-state index contributed by atoms with van der Waals surface area (Å²) in [6.07, 6.45) is 0. The first-order valence-electron chi connectivity index (χ1n) is 9.50. The fourth-order valence-corrected chi connectivity index (χ4v) is 3.51. The van der Waals surface area contributed by atoms with Crippen LogP contribution < -0.4 is 5.01 Å². The molecule has 148 valence electrons. The molecule has 0 aliphatic carbocycles. The Labute approximate surface area is 183 Å². The van der Waals surface area contributed by atoms with Crippen molar-refractivity contribution < 1.29 is 4.79 Å². The van der Waals surface area contributed by atoms with Crippen molar-refractivity contribution in [2.45, 2.75) is 6.92 Å². The predicted molar refractivity (Wildman–Crippen MR) is 124 cm³/mol. The summed E-state index contributed by atoms with van der Waals surface area (Å²) in [4.78, 5) is 13.3. The van der Waals surface area contributed by atoms with E-state index in [4.69, 9.17) is 0 Å². The highest BCUT2D eigenvalue weighted by atomic mass is 79.9. The summed E-state index contributed by atoms with van der Waals surface area (Å²) in [5.41, 5.74) is 4.47. The molecule has 0 spiro atoms. The third kappa shape index (κ3) is 4.28. The first kappa shape index (κ1) is 19.9. The molecule has 0 atom stereocenters. The predicted octanol–water partition coefficient (Wildman–Crippen LogP) is 6.41. The van der Waals surface area contributed by atoms with Crippen LogP contribution in [0.5, 0.6) is 0 Å². The molecule has 1 aliphatic heterocycles. The molecule has 1 aliphatic rings. The van der Waals surface area contributed by atoms with Crippen molar-refractivity contribution >= 4 is 44.5 Å². The number of anilines is 1. The number of benzene rings is 3. The fraction of sp³-hybridized carbons (Fsp3) is 0.0833. The molecule has 6 heteroatoms. The van der Waals surface area contributed by atoms with Crippen molar-refractivity contribution in [1.82, 2.24) is 0 Å². The van der Waals surface area contributed by atoms with Crippen LogP contribution in [0.2, 0.25) is 0 Å². The number of amides is 1. The van der Waals surface area contributed by atoms with Crippen molar-refractivity contribution in [1.29, 1.82) is 0 Å². The van der Waals surface area contributed by atoms with Gasteiger partial charge in [0, 0.05) is 4.47 Å². The van der Waals surface area contributed by atoms with Crippen LogP contribution in [0.3, 0.4) is 0 Å². The average molecular weight is 459 g/mol. The zero-order chi connectivity index (χ0) is 20.9. The fourth-order valence-electron chi connectivity index (χ4n) is 3.25. The van der Waals surface area contributed by atoms with Gasteiger partial charge < -0.3 is 0 Å². The minimum atomic E-state index is -0.156. The molecular formula is C24H19BrN4O. The lowest BCUT2D eigenvalue weighted by Crippen LogP contribution is -2.22. The van der Waals surface area contributed by atoms with Gasteiger partial charge >= 0.3 is 0 Å². The molecule has 0 saturated carbocycles. The first-order chi connectivity index (χ1) is 14.6. The molecular weight excluding hydrogens is 440 g/mol. The van der Waals surface area contributed by atoms with Crippen LogP contribution in [0, 0.1) is 0 Å². The minimum Gasteiger partial charge on any atom is -0.267 e. The van der Waals surface area contributed by atoms with Gasteiger partial charge in [-0.25, -0.2) is 0 Å². The summed E-state index contributed by atoms with van der Waals surface area (Å²) in [6, 6.07) is 26.8. The zero-order valence-corrected chi connectivity index (χ0v) is 18.0. The van der Waals surface area contributed by atoms with Crippen molar-refractivity contribution in [3.05, 3.63) is 101 Å². The Morgan fingerprint density at radius 2 is 1.57 bits per heavy atom. The number of carbonyl (C=O) groups excluding carboxylic acids is 1. The number of azo groups is 1. The molecule has 3 aromatic rings. The summed E-state index contributed by atoms with van der Waals surface area (Å²) in [6.45, 7) is 2.13. The number of carbonyl (C=O) groups is 1. The van der Waals surface area contributed by atoms with Gasteiger partial charge in [-0.2, -0.15) is 20.3 Å². The summed E-state index contributed by atoms with van der Waals surface area (Å²) < 4.78 is 0.984. The Kier molecular flexibility index (Phi) is 5.95. The number of hydrogen-bond donors (Lipinski definition) is 0. The Balaban J connectivity index is 1.70. The molecule has 1 heterocycles. The second-order valence-electron chi connectivity index (χ2n) is 6.73. The van der Waals surface area contributed by atoms with Gasteiger partial charge in [0.15, 0.2) is 0 Å². The highest BCUT2D eigenvalue weighted by Gasteiger charge is 2.31. The van der Waals surface area contributed by atoms with Gasteiger partial charge in [0.25, 0.3) is 5.91 Å². The monoisotopic (exact) mass is 458 g/mol. The SMILES string of the molecule is CC1=NN(c2ccccc2)C(=O)C1=C(CN=Nc1ccc(Br)cc1)c1ccccc1. The molecule has 0 unspecified atom stereocenters. The van der Waals surface area contributed by atoms with Gasteiger partial charge in [-0.15, -0.1) is 0 Å². The molecule has 4 rings (SSSR count). The summed E-state index contributed by atoms with van der Waals surface area (Å²) in [5.74, 6) is -0.156. The third-order valence-electron chi connectivity index (χ3n) is 4.68. The Morgan fingerprint density at radius 3 is 2.23 bits per heavy atom. The van der Waals surface area contributed by atoms with Crippen molar-refractivity contribution in [3.8, 4) is 0 Å². The number of hydrogen-bond acceptors (Lipinski definition) is 4. The van der Waals surface area contributed by atoms with Crippen LogP contribution in [0.1, 0.15) is 12.5 Å². The number of para-hydroxylation sites is 1. The first-order valence-corrected chi connectivity index (χ1v) is 10.3. The molecule has 0 bridgehead atoms. The molecule has 0 aromatic heterocycles. The van der Waals surface area contributed by atoms with E-state index in [0.717, 1.165) is 27.0 Å². The number of nitrogens with zero attached hydrogens (tertiary/aromatic N) is 4. The summed E-state index contributed by atoms with van der Waals surface area (Å²) in [5, 5.41) is 14.7. The maximum absolute atomic E-state index is 13.3. The maximum Gasteiger partial charge on any atom is 0.280 e. The lowest BCUT2D eigenvalue weighted by atomic mass is 9.97. The van der Waals surface area contributed by atoms with Crippen molar-refractivity contribution in [2.75, 3.05) is 11.6 Å². The van der Waals surface area contributed by atoms with Crippen LogP contribution in [0.15, 0.2) is 110 Å². The van der Waals surface area contributed by atoms with E-state index in [0.29, 0.717) is 11.3 Å². The smallest absolute Gasteiger partial charge is 0.267 e. The molecule has 3 aromatic carbocycles. The van der Waals surface area contributed by atoms with Crippen molar-refractivity contribution in [2.24, 2.45) is 15.3 Å². The van der Waals surface area contributed by atoms with Gasteiger partial charge in [-0.05, 0) is 54.5 Å². The summed E-state index contributed by atoms with van der Waals surface area (Å²) in [7, 11) is 0. The molecule has 0 saturated heterocycles.